The molecule has 1 aromatic carbocycles. The Kier molecular flexibility index (Phi) is 7.82. The minimum atomic E-state index is 0.274. The molecule has 0 aliphatic heterocycles. The van der Waals surface area contributed by atoms with Gasteiger partial charge in [-0.15, -0.1) is 0 Å². The number of benzene rings is 1. The first-order chi connectivity index (χ1) is 9.69. The third-order valence-electron chi connectivity index (χ3n) is 4.13. The molecule has 0 aliphatic carbocycles. The number of methoxy groups -OCH3 is 1. The Labute approximate surface area is 124 Å². The Morgan fingerprint density at radius 3 is 2.50 bits per heavy atom. The molecule has 0 aromatic heterocycles. The van der Waals surface area contributed by atoms with Gasteiger partial charge in [0.05, 0.1) is 6.61 Å². The van der Waals surface area contributed by atoms with Crippen molar-refractivity contribution in [3.8, 4) is 0 Å². The summed E-state index contributed by atoms with van der Waals surface area (Å²) in [7, 11) is 1.76. The van der Waals surface area contributed by atoms with Crippen LogP contribution in [0.5, 0.6) is 0 Å². The number of rotatable bonds is 9. The topological polar surface area (TPSA) is 38.5 Å². The molecule has 0 heterocycles. The predicted molar refractivity (Wildman–Crippen MR) is 86.0 cm³/mol. The van der Waals surface area contributed by atoms with Crippen molar-refractivity contribution in [2.24, 2.45) is 5.73 Å². The highest BCUT2D eigenvalue weighted by atomic mass is 16.5. The third kappa shape index (κ3) is 4.30. The highest BCUT2D eigenvalue weighted by molar-refractivity contribution is 5.30. The minimum absolute atomic E-state index is 0.274. The molecule has 0 aliphatic rings. The molecule has 114 valence electrons. The predicted octanol–water partition coefficient (Wildman–Crippen LogP) is 3.00. The van der Waals surface area contributed by atoms with E-state index in [4.69, 9.17) is 10.5 Å². The number of nitrogens with zero attached hydrogens (tertiary/aromatic N) is 1. The van der Waals surface area contributed by atoms with Gasteiger partial charge in [0.1, 0.15) is 0 Å². The molecule has 0 spiro atoms. The molecular formula is C17H30N2O. The molecule has 2 unspecified atom stereocenters. The lowest BCUT2D eigenvalue weighted by Crippen LogP contribution is -2.42. The van der Waals surface area contributed by atoms with E-state index < -0.39 is 0 Å². The zero-order valence-electron chi connectivity index (χ0n) is 13.4. The molecule has 1 rings (SSSR count). The second-order valence-electron chi connectivity index (χ2n) is 5.29. The van der Waals surface area contributed by atoms with Gasteiger partial charge in [-0.3, -0.25) is 4.90 Å². The highest BCUT2D eigenvalue weighted by Gasteiger charge is 2.24. The molecule has 2 atom stereocenters. The highest BCUT2D eigenvalue weighted by Crippen LogP contribution is 2.26. The number of aryl methyl sites for hydroxylation is 1. The second-order valence-corrected chi connectivity index (χ2v) is 5.29. The van der Waals surface area contributed by atoms with E-state index in [1.54, 1.807) is 7.11 Å². The lowest BCUT2D eigenvalue weighted by Gasteiger charge is -2.36. The Morgan fingerprint density at radius 2 is 1.95 bits per heavy atom. The summed E-state index contributed by atoms with van der Waals surface area (Å²) in [6.45, 7) is 9.01. The maximum Gasteiger partial charge on any atom is 0.0590 e. The Bertz CT molecular complexity index is 381. The molecule has 0 bridgehead atoms. The maximum absolute atomic E-state index is 6.11. The van der Waals surface area contributed by atoms with Crippen molar-refractivity contribution < 1.29 is 4.74 Å². The Hall–Kier alpha value is -0.900. The van der Waals surface area contributed by atoms with Gasteiger partial charge in [-0.25, -0.2) is 0 Å². The summed E-state index contributed by atoms with van der Waals surface area (Å²) in [5, 5.41) is 0. The zero-order valence-corrected chi connectivity index (χ0v) is 13.4. The monoisotopic (exact) mass is 278 g/mol. The Balaban J connectivity index is 3.04. The first-order valence-electron chi connectivity index (χ1n) is 7.72. The molecule has 20 heavy (non-hydrogen) atoms. The second kappa shape index (κ2) is 9.11. The van der Waals surface area contributed by atoms with E-state index in [2.05, 4.69) is 49.9 Å². The molecule has 0 amide bonds. The van der Waals surface area contributed by atoms with E-state index in [-0.39, 0.29) is 6.04 Å². The van der Waals surface area contributed by atoms with Gasteiger partial charge < -0.3 is 10.5 Å². The molecule has 1 aromatic rings. The average molecular weight is 278 g/mol. The first kappa shape index (κ1) is 17.2. The summed E-state index contributed by atoms with van der Waals surface area (Å²) >= 11 is 0. The summed E-state index contributed by atoms with van der Waals surface area (Å²) < 4.78 is 5.27. The third-order valence-corrected chi connectivity index (χ3v) is 4.13. The summed E-state index contributed by atoms with van der Waals surface area (Å²) in [5.74, 6) is 0. The van der Waals surface area contributed by atoms with Crippen LogP contribution >= 0.6 is 0 Å². The van der Waals surface area contributed by atoms with Crippen LogP contribution < -0.4 is 5.73 Å². The lowest BCUT2D eigenvalue weighted by atomic mass is 9.96. The minimum Gasteiger partial charge on any atom is -0.383 e. The van der Waals surface area contributed by atoms with Gasteiger partial charge in [0.2, 0.25) is 0 Å². The van der Waals surface area contributed by atoms with E-state index in [1.807, 2.05) is 0 Å². The maximum atomic E-state index is 6.11. The number of hydrogen-bond donors (Lipinski definition) is 1. The molecule has 3 heteroatoms. The summed E-state index contributed by atoms with van der Waals surface area (Å²) in [6.07, 6.45) is 2.17. The fraction of sp³-hybridized carbons (Fsp3) is 0.647. The van der Waals surface area contributed by atoms with Crippen LogP contribution in [0.3, 0.4) is 0 Å². The van der Waals surface area contributed by atoms with Crippen molar-refractivity contribution in [2.45, 2.75) is 45.7 Å². The lowest BCUT2D eigenvalue weighted by molar-refractivity contribution is 0.0899. The van der Waals surface area contributed by atoms with E-state index in [0.29, 0.717) is 12.6 Å². The van der Waals surface area contributed by atoms with Gasteiger partial charge in [-0.05, 0) is 30.9 Å². The molecule has 0 saturated carbocycles. The summed E-state index contributed by atoms with van der Waals surface area (Å²) in [6, 6.07) is 9.43. The molecule has 2 N–H and O–H groups in total. The standard InChI is InChI=1S/C17H30N2O/c1-5-14(3)19(11-12-20-4)17(13-18)16-10-8-7-9-15(16)6-2/h7-10,14,17H,5-6,11-13,18H2,1-4H3. The van der Waals surface area contributed by atoms with Gasteiger partial charge in [0.25, 0.3) is 0 Å². The quantitative estimate of drug-likeness (QED) is 0.754. The summed E-state index contributed by atoms with van der Waals surface area (Å²) in [4.78, 5) is 2.48. The van der Waals surface area contributed by atoms with Crippen molar-refractivity contribution >= 4 is 0 Å². The van der Waals surface area contributed by atoms with Crippen molar-refractivity contribution in [2.75, 3.05) is 26.8 Å². The van der Waals surface area contributed by atoms with Crippen LogP contribution in [-0.2, 0) is 11.2 Å². The van der Waals surface area contributed by atoms with E-state index in [1.165, 1.54) is 11.1 Å². The molecule has 0 fully saturated rings. The molecule has 0 saturated heterocycles. The molecular weight excluding hydrogens is 248 g/mol. The van der Waals surface area contributed by atoms with Crippen LogP contribution in [0.1, 0.15) is 44.4 Å². The average Bonchev–Trinajstić information content (AvgIpc) is 2.50. The Morgan fingerprint density at radius 1 is 1.25 bits per heavy atom. The van der Waals surface area contributed by atoms with E-state index in [0.717, 1.165) is 26.0 Å². The van der Waals surface area contributed by atoms with Gasteiger partial charge in [-0.2, -0.15) is 0 Å². The van der Waals surface area contributed by atoms with Crippen LogP contribution in [0.15, 0.2) is 24.3 Å². The van der Waals surface area contributed by atoms with E-state index >= 15 is 0 Å². The normalized spacial score (nSPS) is 14.5. The van der Waals surface area contributed by atoms with Gasteiger partial charge in [0.15, 0.2) is 0 Å². The SMILES string of the molecule is CCc1ccccc1C(CN)N(CCOC)C(C)CC. The van der Waals surface area contributed by atoms with Crippen LogP contribution in [0, 0.1) is 0 Å². The van der Waals surface area contributed by atoms with Gasteiger partial charge in [0, 0.05) is 32.3 Å². The van der Waals surface area contributed by atoms with Crippen LogP contribution in [0.4, 0.5) is 0 Å². The molecule has 0 radical (unpaired) electrons. The van der Waals surface area contributed by atoms with E-state index in [9.17, 15) is 0 Å². The van der Waals surface area contributed by atoms with Crippen molar-refractivity contribution in [3.63, 3.8) is 0 Å². The van der Waals surface area contributed by atoms with Crippen LogP contribution in [0.25, 0.3) is 0 Å². The zero-order chi connectivity index (χ0) is 15.0. The van der Waals surface area contributed by atoms with Crippen LogP contribution in [0.2, 0.25) is 0 Å². The molecule has 3 nitrogen and oxygen atoms in total. The number of ether oxygens (including phenoxy) is 1. The number of nitrogens with two attached hydrogens (primary N) is 1. The fourth-order valence-electron chi connectivity index (χ4n) is 2.74. The van der Waals surface area contributed by atoms with Gasteiger partial charge in [-0.1, -0.05) is 38.1 Å². The van der Waals surface area contributed by atoms with Crippen LogP contribution in [-0.4, -0.2) is 37.7 Å². The van der Waals surface area contributed by atoms with Crippen molar-refractivity contribution in [1.82, 2.24) is 4.90 Å². The summed E-state index contributed by atoms with van der Waals surface area (Å²) in [5.41, 5.74) is 8.88. The van der Waals surface area contributed by atoms with Crippen molar-refractivity contribution in [3.05, 3.63) is 35.4 Å². The van der Waals surface area contributed by atoms with Gasteiger partial charge >= 0.3 is 0 Å². The van der Waals surface area contributed by atoms with Crippen molar-refractivity contribution in [1.29, 1.82) is 0 Å². The first-order valence-corrected chi connectivity index (χ1v) is 7.72. The smallest absolute Gasteiger partial charge is 0.0590 e. The number of hydrogen-bond acceptors (Lipinski definition) is 3. The largest absolute Gasteiger partial charge is 0.383 e. The fourth-order valence-corrected chi connectivity index (χ4v) is 2.74.